The van der Waals surface area contributed by atoms with Gasteiger partial charge >= 0.3 is 0 Å². The Labute approximate surface area is 120 Å². The van der Waals surface area contributed by atoms with Crippen molar-refractivity contribution in [3.05, 3.63) is 35.9 Å². The highest BCUT2D eigenvalue weighted by Crippen LogP contribution is 2.27. The molecule has 106 valence electrons. The normalized spacial score (nSPS) is 23.1. The third-order valence-electron chi connectivity index (χ3n) is 4.27. The zero-order chi connectivity index (χ0) is 13.9. The molecule has 1 aromatic heterocycles. The fourth-order valence-corrected chi connectivity index (χ4v) is 2.89. The zero-order valence-electron chi connectivity index (χ0n) is 12.0. The Morgan fingerprint density at radius 2 is 1.95 bits per heavy atom. The molecule has 0 aliphatic heterocycles. The lowest BCUT2D eigenvalue weighted by Gasteiger charge is -2.26. The van der Waals surface area contributed by atoms with Crippen molar-refractivity contribution in [3.8, 4) is 0 Å². The van der Waals surface area contributed by atoms with Crippen LogP contribution < -0.4 is 5.73 Å². The first kappa shape index (κ1) is 13.4. The van der Waals surface area contributed by atoms with Gasteiger partial charge in [-0.05, 0) is 43.7 Å². The number of hydrogen-bond donors (Lipinski definition) is 1. The van der Waals surface area contributed by atoms with E-state index in [2.05, 4.69) is 24.0 Å². The number of nitrogen functional groups attached to an aromatic ring is 1. The summed E-state index contributed by atoms with van der Waals surface area (Å²) in [7, 11) is 0. The van der Waals surface area contributed by atoms with E-state index in [1.54, 1.807) is 0 Å². The van der Waals surface area contributed by atoms with Crippen molar-refractivity contribution in [2.24, 2.45) is 5.92 Å². The molecule has 3 nitrogen and oxygen atoms in total. The van der Waals surface area contributed by atoms with Gasteiger partial charge in [0.2, 0.25) is 0 Å². The van der Waals surface area contributed by atoms with Crippen LogP contribution in [0.15, 0.2) is 30.3 Å². The lowest BCUT2D eigenvalue weighted by atomic mass is 9.89. The molecular formula is C17H22N2O. The highest BCUT2D eigenvalue weighted by Gasteiger charge is 2.19. The van der Waals surface area contributed by atoms with E-state index in [-0.39, 0.29) is 0 Å². The van der Waals surface area contributed by atoms with Crippen molar-refractivity contribution in [3.63, 3.8) is 0 Å². The first-order valence-electron chi connectivity index (χ1n) is 7.48. The van der Waals surface area contributed by atoms with Crippen molar-refractivity contribution in [1.82, 2.24) is 4.98 Å². The SMILES string of the molecule is CC1CCC(OCc2cc3ccccc3nc2N)CC1. The summed E-state index contributed by atoms with van der Waals surface area (Å²) >= 11 is 0. The molecule has 3 rings (SSSR count). The van der Waals surface area contributed by atoms with Crippen molar-refractivity contribution in [2.45, 2.75) is 45.3 Å². The fourth-order valence-electron chi connectivity index (χ4n) is 2.89. The summed E-state index contributed by atoms with van der Waals surface area (Å²) < 4.78 is 6.03. The van der Waals surface area contributed by atoms with E-state index in [0.717, 1.165) is 22.4 Å². The number of pyridine rings is 1. The van der Waals surface area contributed by atoms with Gasteiger partial charge in [0.25, 0.3) is 0 Å². The molecule has 20 heavy (non-hydrogen) atoms. The van der Waals surface area contributed by atoms with Gasteiger partial charge in [-0.15, -0.1) is 0 Å². The van der Waals surface area contributed by atoms with Gasteiger partial charge in [0, 0.05) is 10.9 Å². The lowest BCUT2D eigenvalue weighted by molar-refractivity contribution is 0.00899. The Morgan fingerprint density at radius 1 is 1.20 bits per heavy atom. The minimum Gasteiger partial charge on any atom is -0.383 e. The van der Waals surface area contributed by atoms with Crippen LogP contribution in [0.5, 0.6) is 0 Å². The van der Waals surface area contributed by atoms with E-state index in [4.69, 9.17) is 10.5 Å². The van der Waals surface area contributed by atoms with Crippen molar-refractivity contribution in [1.29, 1.82) is 0 Å². The molecule has 1 heterocycles. The van der Waals surface area contributed by atoms with E-state index in [1.165, 1.54) is 25.7 Å². The molecule has 0 unspecified atom stereocenters. The lowest BCUT2D eigenvalue weighted by Crippen LogP contribution is -2.20. The second-order valence-electron chi connectivity index (χ2n) is 5.92. The predicted molar refractivity (Wildman–Crippen MR) is 82.4 cm³/mol. The maximum Gasteiger partial charge on any atom is 0.129 e. The van der Waals surface area contributed by atoms with Crippen LogP contribution in [-0.4, -0.2) is 11.1 Å². The molecule has 0 bridgehead atoms. The van der Waals surface area contributed by atoms with Crippen molar-refractivity contribution >= 4 is 16.7 Å². The summed E-state index contributed by atoms with van der Waals surface area (Å²) in [5, 5.41) is 1.12. The predicted octanol–water partition coefficient (Wildman–Crippen LogP) is 3.91. The van der Waals surface area contributed by atoms with Gasteiger partial charge in [-0.25, -0.2) is 4.98 Å². The summed E-state index contributed by atoms with van der Waals surface area (Å²) in [5.41, 5.74) is 7.98. The van der Waals surface area contributed by atoms with Crippen molar-refractivity contribution < 1.29 is 4.74 Å². The van der Waals surface area contributed by atoms with E-state index < -0.39 is 0 Å². The Hall–Kier alpha value is -1.61. The van der Waals surface area contributed by atoms with Crippen LogP contribution in [0.4, 0.5) is 5.82 Å². The number of fused-ring (bicyclic) bond motifs is 1. The smallest absolute Gasteiger partial charge is 0.129 e. The third-order valence-corrected chi connectivity index (χ3v) is 4.27. The fraction of sp³-hybridized carbons (Fsp3) is 0.471. The molecule has 1 aliphatic carbocycles. The quantitative estimate of drug-likeness (QED) is 0.919. The molecule has 0 amide bonds. The van der Waals surface area contributed by atoms with Gasteiger partial charge in [0.05, 0.1) is 18.2 Å². The number of ether oxygens (including phenoxy) is 1. The van der Waals surface area contributed by atoms with Gasteiger partial charge in [-0.1, -0.05) is 25.1 Å². The van der Waals surface area contributed by atoms with Crippen LogP contribution >= 0.6 is 0 Å². The average Bonchev–Trinajstić information content (AvgIpc) is 2.47. The monoisotopic (exact) mass is 270 g/mol. The average molecular weight is 270 g/mol. The van der Waals surface area contributed by atoms with Gasteiger partial charge in [0.15, 0.2) is 0 Å². The van der Waals surface area contributed by atoms with Gasteiger partial charge in [-0.2, -0.15) is 0 Å². The van der Waals surface area contributed by atoms with E-state index >= 15 is 0 Å². The highest BCUT2D eigenvalue weighted by molar-refractivity contribution is 5.81. The van der Waals surface area contributed by atoms with Crippen LogP contribution in [0.1, 0.15) is 38.2 Å². The Kier molecular flexibility index (Phi) is 3.88. The molecule has 2 aromatic rings. The number of hydrogen-bond acceptors (Lipinski definition) is 3. The largest absolute Gasteiger partial charge is 0.383 e. The molecule has 0 atom stereocenters. The van der Waals surface area contributed by atoms with E-state index in [0.29, 0.717) is 18.5 Å². The zero-order valence-corrected chi connectivity index (χ0v) is 12.0. The van der Waals surface area contributed by atoms with Gasteiger partial charge in [0.1, 0.15) is 5.82 Å². The first-order valence-corrected chi connectivity index (χ1v) is 7.48. The molecular weight excluding hydrogens is 248 g/mol. The Balaban J connectivity index is 1.69. The highest BCUT2D eigenvalue weighted by atomic mass is 16.5. The molecule has 0 saturated heterocycles. The maximum atomic E-state index is 6.03. The Morgan fingerprint density at radius 3 is 2.75 bits per heavy atom. The summed E-state index contributed by atoms with van der Waals surface area (Å²) in [6.45, 7) is 2.89. The number of aromatic nitrogens is 1. The second-order valence-corrected chi connectivity index (χ2v) is 5.92. The number of rotatable bonds is 3. The summed E-state index contributed by atoms with van der Waals surface area (Å²) in [4.78, 5) is 4.45. The number of nitrogens with two attached hydrogens (primary N) is 1. The Bertz CT molecular complexity index is 589. The minimum absolute atomic E-state index is 0.386. The number of benzene rings is 1. The van der Waals surface area contributed by atoms with Crippen LogP contribution in [0.3, 0.4) is 0 Å². The van der Waals surface area contributed by atoms with Crippen molar-refractivity contribution in [2.75, 3.05) is 5.73 Å². The summed E-state index contributed by atoms with van der Waals surface area (Å²) in [5.74, 6) is 1.44. The minimum atomic E-state index is 0.386. The molecule has 0 spiro atoms. The number of nitrogens with zero attached hydrogens (tertiary/aromatic N) is 1. The van der Waals surface area contributed by atoms with Gasteiger partial charge < -0.3 is 10.5 Å². The molecule has 1 aromatic carbocycles. The standard InChI is InChI=1S/C17H22N2O/c1-12-6-8-15(9-7-12)20-11-14-10-13-4-2-3-5-16(13)19-17(14)18/h2-5,10,12,15H,6-9,11H2,1H3,(H2,18,19). The van der Waals surface area contributed by atoms with Gasteiger partial charge in [-0.3, -0.25) is 0 Å². The molecule has 1 aliphatic rings. The number of anilines is 1. The molecule has 1 fully saturated rings. The molecule has 3 heteroatoms. The first-order chi connectivity index (χ1) is 9.72. The topological polar surface area (TPSA) is 48.1 Å². The van der Waals surface area contributed by atoms with E-state index in [1.807, 2.05) is 18.2 Å². The number of para-hydroxylation sites is 1. The summed E-state index contributed by atoms with van der Waals surface area (Å²) in [6.07, 6.45) is 5.27. The van der Waals surface area contributed by atoms with Crippen LogP contribution in [-0.2, 0) is 11.3 Å². The van der Waals surface area contributed by atoms with Crippen LogP contribution in [0, 0.1) is 5.92 Å². The molecule has 2 N–H and O–H groups in total. The summed E-state index contributed by atoms with van der Waals surface area (Å²) in [6, 6.07) is 10.1. The van der Waals surface area contributed by atoms with Crippen LogP contribution in [0.2, 0.25) is 0 Å². The molecule has 1 saturated carbocycles. The van der Waals surface area contributed by atoms with Crippen LogP contribution in [0.25, 0.3) is 10.9 Å². The maximum absolute atomic E-state index is 6.03. The second kappa shape index (κ2) is 5.80. The van der Waals surface area contributed by atoms with E-state index in [9.17, 15) is 0 Å². The third kappa shape index (κ3) is 2.93. The molecule has 0 radical (unpaired) electrons.